The highest BCUT2D eigenvalue weighted by molar-refractivity contribution is 5.60. The number of hydrogen-bond acceptors (Lipinski definition) is 3. The lowest BCUT2D eigenvalue weighted by Gasteiger charge is -2.28. The third-order valence-corrected chi connectivity index (χ3v) is 2.83. The SMILES string of the molecule is CCNC1CCNc2cccc(OC)c21. The molecule has 0 spiro atoms. The molecule has 2 N–H and O–H groups in total. The molecule has 1 unspecified atom stereocenters. The Kier molecular flexibility index (Phi) is 3.11. The van der Waals surface area contributed by atoms with Crippen molar-refractivity contribution in [3.63, 3.8) is 0 Å². The highest BCUT2D eigenvalue weighted by Gasteiger charge is 2.22. The van der Waals surface area contributed by atoms with Crippen LogP contribution in [-0.4, -0.2) is 20.2 Å². The van der Waals surface area contributed by atoms with E-state index in [1.807, 2.05) is 12.1 Å². The summed E-state index contributed by atoms with van der Waals surface area (Å²) in [5, 5.41) is 6.90. The number of rotatable bonds is 3. The van der Waals surface area contributed by atoms with Crippen molar-refractivity contribution < 1.29 is 4.74 Å². The molecule has 1 aromatic carbocycles. The van der Waals surface area contributed by atoms with Gasteiger partial charge in [0.15, 0.2) is 0 Å². The topological polar surface area (TPSA) is 33.3 Å². The Hall–Kier alpha value is -1.22. The maximum absolute atomic E-state index is 5.41. The minimum absolute atomic E-state index is 0.419. The van der Waals surface area contributed by atoms with Gasteiger partial charge in [0.05, 0.1) is 7.11 Å². The number of ether oxygens (including phenoxy) is 1. The van der Waals surface area contributed by atoms with Crippen LogP contribution in [-0.2, 0) is 0 Å². The fraction of sp³-hybridized carbons (Fsp3) is 0.500. The Morgan fingerprint density at radius 2 is 2.40 bits per heavy atom. The van der Waals surface area contributed by atoms with E-state index in [0.29, 0.717) is 6.04 Å². The van der Waals surface area contributed by atoms with Crippen LogP contribution in [0.5, 0.6) is 5.75 Å². The minimum atomic E-state index is 0.419. The molecule has 0 bridgehead atoms. The van der Waals surface area contributed by atoms with Crippen LogP contribution in [0.1, 0.15) is 24.9 Å². The maximum Gasteiger partial charge on any atom is 0.125 e. The van der Waals surface area contributed by atoms with Crippen LogP contribution in [0.25, 0.3) is 0 Å². The number of hydrogen-bond donors (Lipinski definition) is 2. The zero-order valence-corrected chi connectivity index (χ0v) is 9.34. The number of benzene rings is 1. The fourth-order valence-corrected chi connectivity index (χ4v) is 2.18. The van der Waals surface area contributed by atoms with E-state index in [1.165, 1.54) is 11.3 Å². The number of methoxy groups -OCH3 is 1. The quantitative estimate of drug-likeness (QED) is 0.795. The van der Waals surface area contributed by atoms with Crippen molar-refractivity contribution in [3.8, 4) is 5.75 Å². The first-order valence-electron chi connectivity index (χ1n) is 5.51. The Morgan fingerprint density at radius 1 is 1.53 bits per heavy atom. The van der Waals surface area contributed by atoms with Gasteiger partial charge in [0.1, 0.15) is 5.75 Å². The van der Waals surface area contributed by atoms with Gasteiger partial charge >= 0.3 is 0 Å². The van der Waals surface area contributed by atoms with Crippen LogP contribution in [0.4, 0.5) is 5.69 Å². The van der Waals surface area contributed by atoms with Crippen molar-refractivity contribution in [1.29, 1.82) is 0 Å². The average Bonchev–Trinajstić information content (AvgIpc) is 2.29. The van der Waals surface area contributed by atoms with Crippen molar-refractivity contribution in [3.05, 3.63) is 23.8 Å². The number of anilines is 1. The van der Waals surface area contributed by atoms with Gasteiger partial charge in [-0.25, -0.2) is 0 Å². The third-order valence-electron chi connectivity index (χ3n) is 2.83. The van der Waals surface area contributed by atoms with Crippen molar-refractivity contribution in [1.82, 2.24) is 5.32 Å². The summed E-state index contributed by atoms with van der Waals surface area (Å²) >= 11 is 0. The van der Waals surface area contributed by atoms with E-state index in [9.17, 15) is 0 Å². The van der Waals surface area contributed by atoms with Crippen LogP contribution in [0.15, 0.2) is 18.2 Å². The molecule has 3 nitrogen and oxygen atoms in total. The molecule has 3 heteroatoms. The van der Waals surface area contributed by atoms with E-state index in [2.05, 4.69) is 23.6 Å². The lowest BCUT2D eigenvalue weighted by Crippen LogP contribution is -2.28. The van der Waals surface area contributed by atoms with Crippen LogP contribution in [0.2, 0.25) is 0 Å². The average molecular weight is 206 g/mol. The molecule has 1 aliphatic rings. The van der Waals surface area contributed by atoms with Crippen molar-refractivity contribution in [2.45, 2.75) is 19.4 Å². The predicted molar refractivity (Wildman–Crippen MR) is 62.5 cm³/mol. The first-order chi connectivity index (χ1) is 7.36. The molecule has 1 heterocycles. The van der Waals surface area contributed by atoms with Crippen LogP contribution in [0.3, 0.4) is 0 Å². The van der Waals surface area contributed by atoms with E-state index in [4.69, 9.17) is 4.74 Å². The molecule has 1 atom stereocenters. The van der Waals surface area contributed by atoms with E-state index >= 15 is 0 Å². The molecular formula is C12H18N2O. The number of fused-ring (bicyclic) bond motifs is 1. The first kappa shape index (κ1) is 10.3. The lowest BCUT2D eigenvalue weighted by molar-refractivity contribution is 0.395. The fourth-order valence-electron chi connectivity index (χ4n) is 2.18. The molecule has 0 fully saturated rings. The lowest BCUT2D eigenvalue weighted by atomic mass is 9.97. The molecule has 82 valence electrons. The summed E-state index contributed by atoms with van der Waals surface area (Å²) in [6, 6.07) is 6.58. The summed E-state index contributed by atoms with van der Waals surface area (Å²) < 4.78 is 5.41. The van der Waals surface area contributed by atoms with Crippen LogP contribution < -0.4 is 15.4 Å². The predicted octanol–water partition coefficient (Wildman–Crippen LogP) is 2.16. The third kappa shape index (κ3) is 1.92. The van der Waals surface area contributed by atoms with Gasteiger partial charge in [-0.1, -0.05) is 13.0 Å². The Labute approximate surface area is 90.8 Å². The van der Waals surface area contributed by atoms with Crippen LogP contribution >= 0.6 is 0 Å². The molecule has 15 heavy (non-hydrogen) atoms. The minimum Gasteiger partial charge on any atom is -0.496 e. The molecule has 0 aromatic heterocycles. The summed E-state index contributed by atoms with van der Waals surface area (Å²) in [4.78, 5) is 0. The molecule has 2 rings (SSSR count). The van der Waals surface area contributed by atoms with Crippen molar-refractivity contribution in [2.24, 2.45) is 0 Å². The Bertz CT molecular complexity index is 324. The van der Waals surface area contributed by atoms with E-state index in [0.717, 1.165) is 25.3 Å². The summed E-state index contributed by atoms with van der Waals surface area (Å²) in [6.45, 7) is 4.15. The number of nitrogens with one attached hydrogen (secondary N) is 2. The van der Waals surface area contributed by atoms with E-state index < -0.39 is 0 Å². The van der Waals surface area contributed by atoms with Gasteiger partial charge in [-0.05, 0) is 25.1 Å². The standard InChI is InChI=1S/C12H18N2O/c1-3-13-10-7-8-14-9-5-4-6-11(15-2)12(9)10/h4-6,10,13-14H,3,7-8H2,1-2H3. The van der Waals surface area contributed by atoms with E-state index in [1.54, 1.807) is 7.11 Å². The monoisotopic (exact) mass is 206 g/mol. The second kappa shape index (κ2) is 4.53. The molecule has 1 aliphatic heterocycles. The van der Waals surface area contributed by atoms with Gasteiger partial charge in [0.25, 0.3) is 0 Å². The highest BCUT2D eigenvalue weighted by atomic mass is 16.5. The summed E-state index contributed by atoms with van der Waals surface area (Å²) in [5.41, 5.74) is 2.47. The summed E-state index contributed by atoms with van der Waals surface area (Å²) in [5.74, 6) is 0.977. The Balaban J connectivity index is 2.38. The van der Waals surface area contributed by atoms with Gasteiger partial charge in [0.2, 0.25) is 0 Å². The van der Waals surface area contributed by atoms with Gasteiger partial charge in [0, 0.05) is 23.8 Å². The van der Waals surface area contributed by atoms with E-state index in [-0.39, 0.29) is 0 Å². The first-order valence-corrected chi connectivity index (χ1v) is 5.51. The summed E-state index contributed by atoms with van der Waals surface area (Å²) in [7, 11) is 1.73. The van der Waals surface area contributed by atoms with Crippen LogP contribution in [0, 0.1) is 0 Å². The molecule has 0 aliphatic carbocycles. The molecule has 0 saturated carbocycles. The molecular weight excluding hydrogens is 188 g/mol. The van der Waals surface area contributed by atoms with Crippen molar-refractivity contribution >= 4 is 5.69 Å². The molecule has 0 radical (unpaired) electrons. The Morgan fingerprint density at radius 3 is 3.13 bits per heavy atom. The zero-order chi connectivity index (χ0) is 10.7. The highest BCUT2D eigenvalue weighted by Crippen LogP contribution is 2.36. The van der Waals surface area contributed by atoms with Gasteiger partial charge in [-0.3, -0.25) is 0 Å². The van der Waals surface area contributed by atoms with Gasteiger partial charge in [-0.15, -0.1) is 0 Å². The van der Waals surface area contributed by atoms with Gasteiger partial charge in [-0.2, -0.15) is 0 Å². The maximum atomic E-state index is 5.41. The second-order valence-electron chi connectivity index (χ2n) is 3.75. The second-order valence-corrected chi connectivity index (χ2v) is 3.75. The summed E-state index contributed by atoms with van der Waals surface area (Å²) in [6.07, 6.45) is 1.11. The normalized spacial score (nSPS) is 19.2. The largest absolute Gasteiger partial charge is 0.496 e. The zero-order valence-electron chi connectivity index (χ0n) is 9.34. The molecule has 0 amide bonds. The molecule has 0 saturated heterocycles. The van der Waals surface area contributed by atoms with Crippen molar-refractivity contribution in [2.75, 3.05) is 25.5 Å². The van der Waals surface area contributed by atoms with Gasteiger partial charge < -0.3 is 15.4 Å². The smallest absolute Gasteiger partial charge is 0.125 e. The molecule has 1 aromatic rings.